The molecule has 0 radical (unpaired) electrons. The van der Waals surface area contributed by atoms with E-state index in [9.17, 15) is 14.9 Å². The molecule has 1 unspecified atom stereocenters. The van der Waals surface area contributed by atoms with Gasteiger partial charge in [-0.1, -0.05) is 43.3 Å². The number of fused-ring (bicyclic) bond motifs is 1. The Kier molecular flexibility index (Phi) is 7.10. The van der Waals surface area contributed by atoms with E-state index in [4.69, 9.17) is 10.7 Å². The van der Waals surface area contributed by atoms with Gasteiger partial charge in [0.15, 0.2) is 0 Å². The van der Waals surface area contributed by atoms with Crippen LogP contribution in [0.2, 0.25) is 0 Å². The predicted octanol–water partition coefficient (Wildman–Crippen LogP) is 5.30. The van der Waals surface area contributed by atoms with E-state index in [1.165, 1.54) is 12.1 Å². The Balaban J connectivity index is 1.56. The number of carbonyl (C=O) groups excluding carboxylic acids is 1. The minimum absolute atomic E-state index is 0.0721. The van der Waals surface area contributed by atoms with Crippen LogP contribution in [0.15, 0.2) is 77.9 Å². The monoisotopic (exact) mass is 508 g/mol. The van der Waals surface area contributed by atoms with Crippen molar-refractivity contribution in [2.45, 2.75) is 32.1 Å². The minimum Gasteiger partial charge on any atom is -0.342 e. The number of hydrogen-bond acceptors (Lipinski definition) is 6. The molecule has 192 valence electrons. The topological polar surface area (TPSA) is 139 Å². The predicted molar refractivity (Wildman–Crippen MR) is 148 cm³/mol. The highest BCUT2D eigenvalue weighted by Crippen LogP contribution is 2.38. The van der Waals surface area contributed by atoms with Gasteiger partial charge < -0.3 is 16.0 Å². The fourth-order valence-corrected chi connectivity index (χ4v) is 4.62. The molecule has 4 aromatic rings. The van der Waals surface area contributed by atoms with E-state index in [-0.39, 0.29) is 11.6 Å². The number of carbonyl (C=O) groups is 1. The first-order valence-electron chi connectivity index (χ1n) is 12.6. The average molecular weight is 509 g/mol. The molecule has 9 heteroatoms. The van der Waals surface area contributed by atoms with Crippen molar-refractivity contribution >= 4 is 28.7 Å². The second-order valence-electron chi connectivity index (χ2n) is 9.18. The van der Waals surface area contributed by atoms with Crippen molar-refractivity contribution < 1.29 is 9.72 Å². The van der Waals surface area contributed by atoms with Gasteiger partial charge in [0.05, 0.1) is 28.2 Å². The number of nitro groups is 1. The van der Waals surface area contributed by atoms with Gasteiger partial charge in [0.25, 0.3) is 5.69 Å². The summed E-state index contributed by atoms with van der Waals surface area (Å²) in [6.45, 7) is 2.65. The fourth-order valence-electron chi connectivity index (χ4n) is 4.62. The first kappa shape index (κ1) is 25.0. The Morgan fingerprint density at radius 3 is 2.53 bits per heavy atom. The van der Waals surface area contributed by atoms with Gasteiger partial charge in [0, 0.05) is 29.8 Å². The Morgan fingerprint density at radius 2 is 1.87 bits per heavy atom. The van der Waals surface area contributed by atoms with E-state index < -0.39 is 10.8 Å². The Hall–Kier alpha value is -4.63. The molecule has 0 saturated heterocycles. The van der Waals surface area contributed by atoms with Crippen molar-refractivity contribution in [1.82, 2.24) is 9.97 Å². The summed E-state index contributed by atoms with van der Waals surface area (Å²) in [6, 6.07) is 20.0. The smallest absolute Gasteiger partial charge is 0.269 e. The molecule has 5 rings (SSSR count). The van der Waals surface area contributed by atoms with E-state index in [0.717, 1.165) is 47.5 Å². The minimum atomic E-state index is -0.792. The molecule has 1 aliphatic heterocycles. The number of aryl methyl sites for hydroxylation is 2. The second kappa shape index (κ2) is 10.8. The lowest BCUT2D eigenvalue weighted by molar-refractivity contribution is -0.384. The first-order valence-corrected chi connectivity index (χ1v) is 12.6. The van der Waals surface area contributed by atoms with Gasteiger partial charge in [-0.3, -0.25) is 19.9 Å². The van der Waals surface area contributed by atoms with Gasteiger partial charge in [0.1, 0.15) is 11.7 Å². The number of nitro benzene ring substituents is 1. The highest BCUT2D eigenvalue weighted by Gasteiger charge is 2.36. The maximum atomic E-state index is 13.2. The van der Waals surface area contributed by atoms with Crippen molar-refractivity contribution in [2.24, 2.45) is 10.7 Å². The molecular weight excluding hydrogens is 480 g/mol. The summed E-state index contributed by atoms with van der Waals surface area (Å²) in [7, 11) is 0. The zero-order valence-corrected chi connectivity index (χ0v) is 21.0. The van der Waals surface area contributed by atoms with Gasteiger partial charge >= 0.3 is 0 Å². The Morgan fingerprint density at radius 1 is 1.11 bits per heavy atom. The van der Waals surface area contributed by atoms with Crippen molar-refractivity contribution in [2.75, 3.05) is 11.9 Å². The number of amides is 1. The second-order valence-corrected chi connectivity index (χ2v) is 9.18. The lowest BCUT2D eigenvalue weighted by atomic mass is 9.89. The number of anilines is 1. The highest BCUT2D eigenvalue weighted by molar-refractivity contribution is 6.24. The normalized spacial score (nSPS) is 14.8. The number of aliphatic imine (C=N–C) groups is 1. The highest BCUT2D eigenvalue weighted by atomic mass is 16.6. The van der Waals surface area contributed by atoms with Crippen molar-refractivity contribution in [1.29, 1.82) is 0 Å². The third kappa shape index (κ3) is 5.09. The molecule has 1 aromatic heterocycles. The quantitative estimate of drug-likeness (QED) is 0.160. The molecule has 0 fully saturated rings. The number of benzene rings is 3. The summed E-state index contributed by atoms with van der Waals surface area (Å²) < 4.78 is 0. The molecular formula is C29H28N6O3. The lowest BCUT2D eigenvalue weighted by Crippen LogP contribution is -2.22. The molecule has 9 nitrogen and oxygen atoms in total. The molecule has 3 aromatic carbocycles. The molecule has 2 heterocycles. The molecule has 0 spiro atoms. The number of non-ortho nitro benzene ring substituents is 1. The van der Waals surface area contributed by atoms with Crippen LogP contribution in [0.1, 0.15) is 41.8 Å². The van der Waals surface area contributed by atoms with Crippen molar-refractivity contribution in [3.63, 3.8) is 0 Å². The summed E-state index contributed by atoms with van der Waals surface area (Å²) >= 11 is 0. The van der Waals surface area contributed by atoms with Gasteiger partial charge in [-0.2, -0.15) is 0 Å². The van der Waals surface area contributed by atoms with Crippen LogP contribution in [0, 0.1) is 10.1 Å². The third-order valence-electron chi connectivity index (χ3n) is 6.66. The number of nitrogens with two attached hydrogens (primary N) is 1. The van der Waals surface area contributed by atoms with Crippen LogP contribution in [-0.4, -0.2) is 33.1 Å². The van der Waals surface area contributed by atoms with E-state index >= 15 is 0 Å². The van der Waals surface area contributed by atoms with E-state index in [0.29, 0.717) is 29.2 Å². The largest absolute Gasteiger partial charge is 0.342 e. The number of aromatic amines is 1. The van der Waals surface area contributed by atoms with Gasteiger partial charge in [-0.15, -0.1) is 0 Å². The van der Waals surface area contributed by atoms with Crippen LogP contribution in [0.5, 0.6) is 0 Å². The standard InChI is InChI=1S/C29H28N6O3/c1-2-26-31-17-25(33-26)19-9-11-21(12-10-19)32-28(20-7-5-18(6-8-20)4-3-15-30)27-23-16-22(35(37)38)13-14-24(23)34-29(27)36/h5-14,16-17,27H,2-4,15,30H2,1H3,(H,31,33)(H,34,36). The molecule has 4 N–H and O–H groups in total. The molecule has 1 aliphatic rings. The van der Waals surface area contributed by atoms with Crippen molar-refractivity contribution in [3.05, 3.63) is 106 Å². The average Bonchev–Trinajstić information content (AvgIpc) is 3.55. The van der Waals surface area contributed by atoms with E-state index in [1.807, 2.05) is 61.7 Å². The number of hydrogen-bond donors (Lipinski definition) is 3. The number of aromatic nitrogens is 2. The lowest BCUT2D eigenvalue weighted by Gasteiger charge is -2.15. The molecule has 0 aliphatic carbocycles. The summed E-state index contributed by atoms with van der Waals surface area (Å²) in [5.74, 6) is -0.147. The van der Waals surface area contributed by atoms with Crippen LogP contribution in [-0.2, 0) is 17.6 Å². The molecule has 1 atom stereocenters. The molecule has 0 bridgehead atoms. The van der Waals surface area contributed by atoms with Crippen LogP contribution in [0.25, 0.3) is 11.3 Å². The number of nitrogens with one attached hydrogen (secondary N) is 2. The number of rotatable bonds is 9. The van der Waals surface area contributed by atoms with Crippen molar-refractivity contribution in [3.8, 4) is 11.3 Å². The van der Waals surface area contributed by atoms with Gasteiger partial charge in [-0.05, 0) is 54.3 Å². The van der Waals surface area contributed by atoms with E-state index in [1.54, 1.807) is 6.07 Å². The molecule has 38 heavy (non-hydrogen) atoms. The maximum absolute atomic E-state index is 13.2. The SMILES string of the molecule is CCc1ncc(-c2ccc(N=C(c3ccc(CCCN)cc3)C3C(=O)Nc4ccc([N+](=O)[O-])cc43)cc2)[nH]1. The fraction of sp³-hybridized carbons (Fsp3) is 0.207. The summed E-state index contributed by atoms with van der Waals surface area (Å²) in [4.78, 5) is 36.8. The van der Waals surface area contributed by atoms with Gasteiger partial charge in [0.2, 0.25) is 5.91 Å². The van der Waals surface area contributed by atoms with Crippen LogP contribution in [0.3, 0.4) is 0 Å². The number of H-pyrrole nitrogens is 1. The zero-order valence-electron chi connectivity index (χ0n) is 21.0. The third-order valence-corrected chi connectivity index (χ3v) is 6.66. The summed E-state index contributed by atoms with van der Waals surface area (Å²) in [5, 5.41) is 14.3. The molecule has 1 amide bonds. The van der Waals surface area contributed by atoms with E-state index in [2.05, 4.69) is 15.3 Å². The Bertz CT molecular complexity index is 1510. The van der Waals surface area contributed by atoms with Gasteiger partial charge in [-0.25, -0.2) is 4.98 Å². The Labute approximate surface area is 220 Å². The number of nitrogens with zero attached hydrogens (tertiary/aromatic N) is 3. The number of imidazole rings is 1. The molecule has 0 saturated carbocycles. The van der Waals surface area contributed by atoms with Crippen LogP contribution >= 0.6 is 0 Å². The van der Waals surface area contributed by atoms with Crippen LogP contribution < -0.4 is 11.1 Å². The van der Waals surface area contributed by atoms with Crippen LogP contribution in [0.4, 0.5) is 17.1 Å². The summed E-state index contributed by atoms with van der Waals surface area (Å²) in [5.41, 5.74) is 11.7. The zero-order chi connectivity index (χ0) is 26.6. The summed E-state index contributed by atoms with van der Waals surface area (Å²) in [6.07, 6.45) is 4.36. The first-order chi connectivity index (χ1) is 18.5. The maximum Gasteiger partial charge on any atom is 0.269 e.